The molecule has 0 saturated carbocycles. The average Bonchev–Trinajstić information content (AvgIpc) is 3.28. The Bertz CT molecular complexity index is 775. The molecule has 0 radical (unpaired) electrons. The summed E-state index contributed by atoms with van der Waals surface area (Å²) in [6, 6.07) is 4.20. The van der Waals surface area contributed by atoms with Gasteiger partial charge in [-0.3, -0.25) is 9.88 Å². The topological polar surface area (TPSA) is 71.2 Å². The van der Waals surface area contributed by atoms with E-state index in [2.05, 4.69) is 36.8 Å². The highest BCUT2D eigenvalue weighted by atomic mass is 32.1. The molecule has 124 valence electrons. The Morgan fingerprint density at radius 1 is 1.33 bits per heavy atom. The van der Waals surface area contributed by atoms with Crippen LogP contribution in [-0.4, -0.2) is 50.7 Å². The van der Waals surface area contributed by atoms with Crippen LogP contribution in [0.2, 0.25) is 0 Å². The van der Waals surface area contributed by atoms with Gasteiger partial charge in [0.2, 0.25) is 11.7 Å². The average molecular weight is 342 g/mol. The molecular formula is C16H18N6OS. The highest BCUT2D eigenvalue weighted by Crippen LogP contribution is 2.23. The van der Waals surface area contributed by atoms with Crippen molar-refractivity contribution in [3.8, 4) is 11.4 Å². The first kappa shape index (κ1) is 15.2. The molecular weight excluding hydrogens is 324 g/mol. The van der Waals surface area contributed by atoms with Gasteiger partial charge in [-0.25, -0.2) is 4.98 Å². The van der Waals surface area contributed by atoms with Crippen LogP contribution in [0.15, 0.2) is 40.6 Å². The molecule has 7 nitrogen and oxygen atoms in total. The first-order chi connectivity index (χ1) is 11.8. The van der Waals surface area contributed by atoms with E-state index in [-0.39, 0.29) is 0 Å². The molecule has 8 heteroatoms. The van der Waals surface area contributed by atoms with Gasteiger partial charge in [-0.2, -0.15) is 4.98 Å². The number of thiazole rings is 1. The maximum atomic E-state index is 5.40. The summed E-state index contributed by atoms with van der Waals surface area (Å²) in [6.07, 6.45) is 5.33. The summed E-state index contributed by atoms with van der Waals surface area (Å²) in [5, 5.41) is 7.17. The first-order valence-electron chi connectivity index (χ1n) is 7.91. The van der Waals surface area contributed by atoms with E-state index in [1.54, 1.807) is 23.7 Å². The van der Waals surface area contributed by atoms with Gasteiger partial charge in [0, 0.05) is 55.2 Å². The molecule has 0 spiro atoms. The second-order valence-electron chi connectivity index (χ2n) is 5.85. The van der Waals surface area contributed by atoms with Crippen molar-refractivity contribution in [3.05, 3.63) is 42.0 Å². The lowest BCUT2D eigenvalue weighted by Gasteiger charge is -2.39. The number of rotatable bonds is 4. The molecule has 0 aliphatic carbocycles. The molecule has 0 aromatic carbocycles. The van der Waals surface area contributed by atoms with Crippen LogP contribution in [0.5, 0.6) is 0 Å². The Balaban J connectivity index is 1.39. The molecule has 24 heavy (non-hydrogen) atoms. The Labute approximate surface area is 144 Å². The van der Waals surface area contributed by atoms with Crippen LogP contribution in [0.25, 0.3) is 11.4 Å². The molecule has 0 bridgehead atoms. The van der Waals surface area contributed by atoms with Crippen LogP contribution >= 0.6 is 11.3 Å². The van der Waals surface area contributed by atoms with Crippen LogP contribution in [0.4, 0.5) is 5.13 Å². The summed E-state index contributed by atoms with van der Waals surface area (Å²) in [7, 11) is 0. The Morgan fingerprint density at radius 3 is 3.04 bits per heavy atom. The summed E-state index contributed by atoms with van der Waals surface area (Å²) >= 11 is 1.69. The van der Waals surface area contributed by atoms with Crippen LogP contribution < -0.4 is 4.90 Å². The number of hydrogen-bond donors (Lipinski definition) is 0. The van der Waals surface area contributed by atoms with Crippen molar-refractivity contribution in [2.24, 2.45) is 0 Å². The summed E-state index contributed by atoms with van der Waals surface area (Å²) in [6.45, 7) is 5.75. The van der Waals surface area contributed by atoms with E-state index in [0.717, 1.165) is 30.3 Å². The largest absolute Gasteiger partial charge is 0.343 e. The first-order valence-corrected chi connectivity index (χ1v) is 8.79. The molecule has 1 aliphatic rings. The minimum Gasteiger partial charge on any atom is -0.343 e. The molecule has 0 unspecified atom stereocenters. The second kappa shape index (κ2) is 6.66. The van der Waals surface area contributed by atoms with Crippen LogP contribution in [0.1, 0.15) is 12.8 Å². The van der Waals surface area contributed by atoms with E-state index in [9.17, 15) is 0 Å². The van der Waals surface area contributed by atoms with Crippen molar-refractivity contribution >= 4 is 16.5 Å². The van der Waals surface area contributed by atoms with E-state index in [1.165, 1.54) is 0 Å². The van der Waals surface area contributed by atoms with Crippen molar-refractivity contribution in [3.63, 3.8) is 0 Å². The Kier molecular flexibility index (Phi) is 4.22. The van der Waals surface area contributed by atoms with Crippen LogP contribution in [0.3, 0.4) is 0 Å². The second-order valence-corrected chi connectivity index (χ2v) is 6.72. The predicted octanol–water partition coefficient (Wildman–Crippen LogP) is 2.30. The molecule has 1 aliphatic heterocycles. The van der Waals surface area contributed by atoms with Crippen molar-refractivity contribution in [2.45, 2.75) is 19.5 Å². The van der Waals surface area contributed by atoms with Gasteiger partial charge in [0.25, 0.3) is 0 Å². The molecule has 1 saturated heterocycles. The quantitative estimate of drug-likeness (QED) is 0.720. The molecule has 4 rings (SSSR count). The minimum atomic E-state index is 0.408. The van der Waals surface area contributed by atoms with Crippen LogP contribution in [0, 0.1) is 0 Å². The zero-order valence-electron chi connectivity index (χ0n) is 13.4. The summed E-state index contributed by atoms with van der Waals surface area (Å²) in [5.74, 6) is 1.23. The van der Waals surface area contributed by atoms with Gasteiger partial charge in [-0.1, -0.05) is 5.16 Å². The number of hydrogen-bond acceptors (Lipinski definition) is 8. The number of anilines is 1. The number of pyridine rings is 1. The number of nitrogens with zero attached hydrogens (tertiary/aromatic N) is 6. The highest BCUT2D eigenvalue weighted by Gasteiger charge is 2.26. The van der Waals surface area contributed by atoms with E-state index < -0.39 is 0 Å². The third-order valence-corrected chi connectivity index (χ3v) is 4.93. The molecule has 3 aromatic rings. The third-order valence-electron chi connectivity index (χ3n) is 4.12. The summed E-state index contributed by atoms with van der Waals surface area (Å²) < 4.78 is 5.40. The van der Waals surface area contributed by atoms with Gasteiger partial charge < -0.3 is 9.42 Å². The number of piperazine rings is 1. The van der Waals surface area contributed by atoms with Crippen molar-refractivity contribution in [1.29, 1.82) is 0 Å². The maximum absolute atomic E-state index is 5.40. The zero-order chi connectivity index (χ0) is 16.4. The lowest BCUT2D eigenvalue weighted by molar-refractivity contribution is 0.194. The van der Waals surface area contributed by atoms with Crippen LogP contribution in [-0.2, 0) is 6.54 Å². The Morgan fingerprint density at radius 2 is 2.29 bits per heavy atom. The van der Waals surface area contributed by atoms with E-state index >= 15 is 0 Å². The molecule has 0 amide bonds. The van der Waals surface area contributed by atoms with Gasteiger partial charge in [-0.05, 0) is 19.1 Å². The van der Waals surface area contributed by atoms with Crippen molar-refractivity contribution in [1.82, 2.24) is 25.0 Å². The summed E-state index contributed by atoms with van der Waals surface area (Å²) in [5.41, 5.74) is 0.870. The SMILES string of the molecule is C[C@H]1CN(Cc2nc(-c3cccnc3)no2)CCN1c1nccs1. The fourth-order valence-corrected chi connectivity index (χ4v) is 3.71. The molecule has 3 aromatic heterocycles. The number of aromatic nitrogens is 4. The molecule has 1 fully saturated rings. The van der Waals surface area contributed by atoms with E-state index in [0.29, 0.717) is 24.3 Å². The third kappa shape index (κ3) is 3.15. The molecule has 1 atom stereocenters. The van der Waals surface area contributed by atoms with Gasteiger partial charge in [-0.15, -0.1) is 11.3 Å². The monoisotopic (exact) mass is 342 g/mol. The maximum Gasteiger partial charge on any atom is 0.241 e. The normalized spacial score (nSPS) is 18.9. The lowest BCUT2D eigenvalue weighted by Crippen LogP contribution is -2.51. The smallest absolute Gasteiger partial charge is 0.241 e. The lowest BCUT2D eigenvalue weighted by atomic mass is 10.2. The van der Waals surface area contributed by atoms with Gasteiger partial charge in [0.05, 0.1) is 6.54 Å². The molecule has 0 N–H and O–H groups in total. The fourth-order valence-electron chi connectivity index (χ4n) is 2.94. The molecule has 4 heterocycles. The van der Waals surface area contributed by atoms with Gasteiger partial charge in [0.15, 0.2) is 5.13 Å². The van der Waals surface area contributed by atoms with Gasteiger partial charge in [0.1, 0.15) is 0 Å². The van der Waals surface area contributed by atoms with E-state index in [1.807, 2.05) is 23.7 Å². The highest BCUT2D eigenvalue weighted by molar-refractivity contribution is 7.13. The van der Waals surface area contributed by atoms with Crippen molar-refractivity contribution < 1.29 is 4.52 Å². The standard InChI is InChI=1S/C16H18N6OS/c1-12-10-21(6-7-22(12)16-18-5-8-24-16)11-14-19-15(20-23-14)13-3-2-4-17-9-13/h2-5,8-9,12H,6-7,10-11H2,1H3/t12-/m0/s1. The van der Waals surface area contributed by atoms with Gasteiger partial charge >= 0.3 is 0 Å². The Hall–Kier alpha value is -2.32. The zero-order valence-corrected chi connectivity index (χ0v) is 14.2. The predicted molar refractivity (Wildman–Crippen MR) is 91.7 cm³/mol. The summed E-state index contributed by atoms with van der Waals surface area (Å²) in [4.78, 5) is 17.7. The van der Waals surface area contributed by atoms with Crippen molar-refractivity contribution in [2.75, 3.05) is 24.5 Å². The minimum absolute atomic E-state index is 0.408. The van der Waals surface area contributed by atoms with E-state index in [4.69, 9.17) is 4.52 Å². The fraction of sp³-hybridized carbons (Fsp3) is 0.375.